The van der Waals surface area contributed by atoms with Gasteiger partial charge >= 0.3 is 0 Å². The smallest absolute Gasteiger partial charge is 0.285 e. The van der Waals surface area contributed by atoms with Crippen LogP contribution in [0.4, 0.5) is 5.69 Å². The molecular weight excluding hydrogens is 475 g/mol. The first kappa shape index (κ1) is 24.0. The number of carbonyl (C=O) groups is 2. The molecule has 11 heteroatoms. The van der Waals surface area contributed by atoms with Crippen LogP contribution in [-0.2, 0) is 19.6 Å². The van der Waals surface area contributed by atoms with Gasteiger partial charge in [-0.2, -0.15) is 8.42 Å². The maximum absolute atomic E-state index is 12.9. The van der Waals surface area contributed by atoms with E-state index in [0.717, 1.165) is 0 Å². The minimum absolute atomic E-state index is 0.110. The van der Waals surface area contributed by atoms with Crippen molar-refractivity contribution in [3.05, 3.63) is 58.1 Å². The van der Waals surface area contributed by atoms with Gasteiger partial charge in [-0.1, -0.05) is 42.3 Å². The fraction of sp³-hybridized carbons (Fsp3) is 0.286. The number of halogens is 2. The van der Waals surface area contributed by atoms with E-state index in [1.165, 1.54) is 21.9 Å². The van der Waals surface area contributed by atoms with Crippen molar-refractivity contribution >= 4 is 56.6 Å². The standard InChI is InChI=1S/C21H22Cl2N4O4S/c1-3-10-27(12-19(28)24-17-9-8-14(22)11-16(17)23)20(29)13-26(2)21-15-6-4-5-7-18(15)32(30,31)25-21/h4-9,11H,3,10,12-13H2,1-2H3,(H,24,28). The normalized spacial score (nSPS) is 13.8. The van der Waals surface area contributed by atoms with Gasteiger partial charge in [0, 0.05) is 24.2 Å². The number of fused-ring (bicyclic) bond motifs is 1. The molecule has 2 amide bonds. The Morgan fingerprint density at radius 2 is 1.81 bits per heavy atom. The molecule has 1 aliphatic rings. The Morgan fingerprint density at radius 3 is 2.50 bits per heavy atom. The van der Waals surface area contributed by atoms with Crippen LogP contribution < -0.4 is 5.32 Å². The van der Waals surface area contributed by atoms with E-state index < -0.39 is 15.9 Å². The molecule has 32 heavy (non-hydrogen) atoms. The number of amidine groups is 1. The molecule has 0 bridgehead atoms. The molecular formula is C21H22Cl2N4O4S. The highest BCUT2D eigenvalue weighted by atomic mass is 35.5. The van der Waals surface area contributed by atoms with Gasteiger partial charge in [-0.25, -0.2) is 0 Å². The van der Waals surface area contributed by atoms with Gasteiger partial charge in [-0.3, -0.25) is 9.59 Å². The van der Waals surface area contributed by atoms with E-state index in [0.29, 0.717) is 29.2 Å². The van der Waals surface area contributed by atoms with E-state index in [-0.39, 0.29) is 34.8 Å². The lowest BCUT2D eigenvalue weighted by molar-refractivity contribution is -0.134. The summed E-state index contributed by atoms with van der Waals surface area (Å²) in [7, 11) is -2.20. The Balaban J connectivity index is 1.69. The van der Waals surface area contributed by atoms with Gasteiger partial charge in [-0.05, 0) is 36.8 Å². The topological polar surface area (TPSA) is 99.2 Å². The van der Waals surface area contributed by atoms with E-state index in [4.69, 9.17) is 23.2 Å². The highest BCUT2D eigenvalue weighted by molar-refractivity contribution is 7.90. The zero-order valence-corrected chi connectivity index (χ0v) is 19.8. The van der Waals surface area contributed by atoms with Gasteiger partial charge in [0.2, 0.25) is 11.8 Å². The van der Waals surface area contributed by atoms with Crippen LogP contribution in [-0.4, -0.2) is 62.5 Å². The fourth-order valence-electron chi connectivity index (χ4n) is 3.26. The molecule has 0 atom stereocenters. The number of hydrogen-bond acceptors (Lipinski definition) is 5. The summed E-state index contributed by atoms with van der Waals surface area (Å²) in [5.74, 6) is -0.552. The first-order valence-corrected chi connectivity index (χ1v) is 12.0. The number of nitrogens with one attached hydrogen (secondary N) is 1. The van der Waals surface area contributed by atoms with E-state index in [1.807, 2.05) is 6.92 Å². The average Bonchev–Trinajstić information content (AvgIpc) is 3.01. The van der Waals surface area contributed by atoms with Crippen molar-refractivity contribution in [2.75, 3.05) is 32.0 Å². The first-order chi connectivity index (χ1) is 15.1. The third kappa shape index (κ3) is 5.40. The average molecular weight is 497 g/mol. The van der Waals surface area contributed by atoms with Crippen molar-refractivity contribution in [1.82, 2.24) is 9.80 Å². The monoisotopic (exact) mass is 496 g/mol. The lowest BCUT2D eigenvalue weighted by atomic mass is 10.2. The number of hydrogen-bond donors (Lipinski definition) is 1. The minimum Gasteiger partial charge on any atom is -0.349 e. The molecule has 8 nitrogen and oxygen atoms in total. The van der Waals surface area contributed by atoms with E-state index >= 15 is 0 Å². The Morgan fingerprint density at radius 1 is 1.09 bits per heavy atom. The predicted octanol–water partition coefficient (Wildman–Crippen LogP) is 3.25. The Kier molecular flexibility index (Phi) is 7.43. The third-order valence-corrected chi connectivity index (χ3v) is 6.61. The quantitative estimate of drug-likeness (QED) is 0.633. The highest BCUT2D eigenvalue weighted by Crippen LogP contribution is 2.27. The molecule has 0 radical (unpaired) electrons. The summed E-state index contributed by atoms with van der Waals surface area (Å²) in [6, 6.07) is 11.1. The Bertz CT molecular complexity index is 1180. The van der Waals surface area contributed by atoms with Crippen LogP contribution in [0.15, 0.2) is 51.8 Å². The lowest BCUT2D eigenvalue weighted by Gasteiger charge is -2.25. The first-order valence-electron chi connectivity index (χ1n) is 9.80. The van der Waals surface area contributed by atoms with Crippen molar-refractivity contribution in [3.63, 3.8) is 0 Å². The van der Waals surface area contributed by atoms with Crippen LogP contribution in [0.25, 0.3) is 0 Å². The predicted molar refractivity (Wildman–Crippen MR) is 125 cm³/mol. The molecule has 0 unspecified atom stereocenters. The van der Waals surface area contributed by atoms with Crippen molar-refractivity contribution in [2.45, 2.75) is 18.2 Å². The second kappa shape index (κ2) is 9.89. The van der Waals surface area contributed by atoms with Crippen LogP contribution in [0.3, 0.4) is 0 Å². The number of carbonyl (C=O) groups excluding carboxylic acids is 2. The molecule has 0 saturated heterocycles. The number of sulfonamides is 1. The van der Waals surface area contributed by atoms with Gasteiger partial charge in [0.1, 0.15) is 4.90 Å². The molecule has 0 aliphatic carbocycles. The zero-order valence-electron chi connectivity index (χ0n) is 17.5. The SMILES string of the molecule is CCCN(CC(=O)Nc1ccc(Cl)cc1Cl)C(=O)CN(C)C1=NS(=O)(=O)c2ccccc21. The molecule has 170 valence electrons. The van der Waals surface area contributed by atoms with Gasteiger partial charge in [0.25, 0.3) is 10.0 Å². The zero-order chi connectivity index (χ0) is 23.5. The van der Waals surface area contributed by atoms with Crippen LogP contribution in [0.5, 0.6) is 0 Å². The minimum atomic E-state index is -3.79. The number of anilines is 1. The van der Waals surface area contributed by atoms with Gasteiger partial charge < -0.3 is 15.1 Å². The maximum Gasteiger partial charge on any atom is 0.285 e. The van der Waals surface area contributed by atoms with Gasteiger partial charge in [0.05, 0.1) is 23.8 Å². The molecule has 0 fully saturated rings. The molecule has 0 saturated carbocycles. The number of rotatable bonds is 7. The van der Waals surface area contributed by atoms with Gasteiger partial charge in [-0.15, -0.1) is 4.40 Å². The van der Waals surface area contributed by atoms with Crippen molar-refractivity contribution in [3.8, 4) is 0 Å². The fourth-order valence-corrected chi connectivity index (χ4v) is 4.96. The van der Waals surface area contributed by atoms with Gasteiger partial charge in [0.15, 0.2) is 5.84 Å². The molecule has 1 heterocycles. The van der Waals surface area contributed by atoms with Crippen molar-refractivity contribution in [2.24, 2.45) is 4.40 Å². The van der Waals surface area contributed by atoms with Crippen LogP contribution in [0, 0.1) is 0 Å². The summed E-state index contributed by atoms with van der Waals surface area (Å²) in [6.07, 6.45) is 0.641. The summed E-state index contributed by atoms with van der Waals surface area (Å²) in [4.78, 5) is 28.4. The third-order valence-electron chi connectivity index (χ3n) is 4.73. The summed E-state index contributed by atoms with van der Waals surface area (Å²) in [5.41, 5.74) is 0.837. The molecule has 1 N–H and O–H groups in total. The molecule has 2 aromatic rings. The molecule has 2 aromatic carbocycles. The van der Waals surface area contributed by atoms with Crippen molar-refractivity contribution in [1.29, 1.82) is 0 Å². The summed E-state index contributed by atoms with van der Waals surface area (Å²) in [5, 5.41) is 3.41. The molecule has 1 aliphatic heterocycles. The summed E-state index contributed by atoms with van der Waals surface area (Å²) < 4.78 is 28.4. The van der Waals surface area contributed by atoms with Crippen LogP contribution in [0.2, 0.25) is 10.0 Å². The number of amides is 2. The lowest BCUT2D eigenvalue weighted by Crippen LogP contribution is -2.44. The molecule has 0 aromatic heterocycles. The Labute approximate surface area is 196 Å². The van der Waals surface area contributed by atoms with Crippen LogP contribution in [0.1, 0.15) is 18.9 Å². The van der Waals surface area contributed by atoms with E-state index in [2.05, 4.69) is 9.71 Å². The highest BCUT2D eigenvalue weighted by Gasteiger charge is 2.31. The largest absolute Gasteiger partial charge is 0.349 e. The van der Waals surface area contributed by atoms with E-state index in [9.17, 15) is 18.0 Å². The maximum atomic E-state index is 12.9. The number of likely N-dealkylation sites (N-methyl/N-ethyl adjacent to an activating group) is 1. The number of benzene rings is 2. The second-order valence-electron chi connectivity index (χ2n) is 7.23. The van der Waals surface area contributed by atoms with E-state index in [1.54, 1.807) is 37.4 Å². The Hall–Kier alpha value is -2.62. The molecule has 0 spiro atoms. The van der Waals surface area contributed by atoms with Crippen molar-refractivity contribution < 1.29 is 18.0 Å². The molecule has 3 rings (SSSR count). The number of nitrogens with zero attached hydrogens (tertiary/aromatic N) is 3. The summed E-state index contributed by atoms with van der Waals surface area (Å²) >= 11 is 12.0. The van der Waals surface area contributed by atoms with Crippen LogP contribution >= 0.6 is 23.2 Å². The second-order valence-corrected chi connectivity index (χ2v) is 9.65. The summed E-state index contributed by atoms with van der Waals surface area (Å²) in [6.45, 7) is 1.93.